The number of amides is 2. The van der Waals surface area contributed by atoms with Crippen molar-refractivity contribution in [1.82, 2.24) is 15.1 Å². The topological polar surface area (TPSA) is 75.0 Å². The summed E-state index contributed by atoms with van der Waals surface area (Å²) in [6.07, 6.45) is 2.84. The molecule has 1 aliphatic heterocycles. The van der Waals surface area contributed by atoms with Gasteiger partial charge in [-0.2, -0.15) is 0 Å². The van der Waals surface area contributed by atoms with Gasteiger partial charge in [0.15, 0.2) is 5.76 Å². The van der Waals surface area contributed by atoms with Gasteiger partial charge >= 0.3 is 0 Å². The number of piperazine rings is 1. The van der Waals surface area contributed by atoms with Crippen molar-refractivity contribution in [1.29, 1.82) is 0 Å². The van der Waals surface area contributed by atoms with Crippen LogP contribution in [0.25, 0.3) is 0 Å². The van der Waals surface area contributed by atoms with Gasteiger partial charge in [0, 0.05) is 39.1 Å². The molecule has 2 amide bonds. The van der Waals surface area contributed by atoms with E-state index >= 15 is 0 Å². The minimum absolute atomic E-state index is 0.115. The van der Waals surface area contributed by atoms with Crippen LogP contribution in [0.1, 0.15) is 22.5 Å². The van der Waals surface area contributed by atoms with Crippen molar-refractivity contribution >= 4 is 11.8 Å². The standard InChI is InChI=1S/C21H27N3O4/c1-27-18-5-2-4-17(16-18)7-9-22-10-8-20(25)23-11-13-24(14-12-23)21(26)19-6-3-15-28-19/h2-6,15-16,22H,7-14H2,1H3. The molecule has 0 bridgehead atoms. The van der Waals surface area contributed by atoms with Gasteiger partial charge in [-0.3, -0.25) is 9.59 Å². The quantitative estimate of drug-likeness (QED) is 0.702. The Bertz CT molecular complexity index is 768. The van der Waals surface area contributed by atoms with Crippen molar-refractivity contribution in [2.75, 3.05) is 46.4 Å². The Morgan fingerprint density at radius 1 is 1.07 bits per heavy atom. The van der Waals surface area contributed by atoms with Crippen molar-refractivity contribution in [3.05, 3.63) is 54.0 Å². The van der Waals surface area contributed by atoms with Crippen molar-refractivity contribution in [3.63, 3.8) is 0 Å². The van der Waals surface area contributed by atoms with Crippen LogP contribution >= 0.6 is 0 Å². The fraction of sp³-hybridized carbons (Fsp3) is 0.429. The smallest absolute Gasteiger partial charge is 0.289 e. The van der Waals surface area contributed by atoms with Gasteiger partial charge in [-0.05, 0) is 42.8 Å². The third-order valence-corrected chi connectivity index (χ3v) is 4.89. The summed E-state index contributed by atoms with van der Waals surface area (Å²) in [6, 6.07) is 11.4. The van der Waals surface area contributed by atoms with Crippen LogP contribution in [0.5, 0.6) is 5.75 Å². The predicted molar refractivity (Wildman–Crippen MR) is 105 cm³/mol. The summed E-state index contributed by atoms with van der Waals surface area (Å²) in [5.74, 6) is 1.22. The van der Waals surface area contributed by atoms with E-state index < -0.39 is 0 Å². The molecule has 0 aliphatic carbocycles. The Morgan fingerprint density at radius 2 is 1.86 bits per heavy atom. The maximum atomic E-state index is 12.4. The lowest BCUT2D eigenvalue weighted by Crippen LogP contribution is -2.50. The SMILES string of the molecule is COc1cccc(CCNCCC(=O)N2CCN(C(=O)c3ccco3)CC2)c1. The maximum Gasteiger partial charge on any atom is 0.289 e. The number of rotatable bonds is 8. The number of hydrogen-bond donors (Lipinski definition) is 1. The molecule has 1 N–H and O–H groups in total. The van der Waals surface area contributed by atoms with E-state index in [1.54, 1.807) is 24.1 Å². The molecule has 1 saturated heterocycles. The Labute approximate surface area is 165 Å². The first-order valence-electron chi connectivity index (χ1n) is 9.61. The second kappa shape index (κ2) is 9.94. The van der Waals surface area contributed by atoms with Crippen LogP contribution in [-0.4, -0.2) is 68.0 Å². The van der Waals surface area contributed by atoms with Crippen LogP contribution in [-0.2, 0) is 11.2 Å². The van der Waals surface area contributed by atoms with Crippen LogP contribution in [0.3, 0.4) is 0 Å². The number of hydrogen-bond acceptors (Lipinski definition) is 5. The van der Waals surface area contributed by atoms with Gasteiger partial charge in [-0.1, -0.05) is 12.1 Å². The molecule has 28 heavy (non-hydrogen) atoms. The lowest BCUT2D eigenvalue weighted by molar-refractivity contribution is -0.132. The molecule has 0 radical (unpaired) electrons. The van der Waals surface area contributed by atoms with Crippen LogP contribution in [0, 0.1) is 0 Å². The van der Waals surface area contributed by atoms with Crippen LogP contribution in [0.15, 0.2) is 47.1 Å². The highest BCUT2D eigenvalue weighted by Gasteiger charge is 2.25. The summed E-state index contributed by atoms with van der Waals surface area (Å²) in [4.78, 5) is 28.2. The monoisotopic (exact) mass is 385 g/mol. The number of methoxy groups -OCH3 is 1. The summed E-state index contributed by atoms with van der Waals surface area (Å²) in [6.45, 7) is 3.66. The molecular weight excluding hydrogens is 358 g/mol. The van der Waals surface area contributed by atoms with Gasteiger partial charge in [0.25, 0.3) is 5.91 Å². The highest BCUT2D eigenvalue weighted by Crippen LogP contribution is 2.13. The lowest BCUT2D eigenvalue weighted by atomic mass is 10.1. The number of ether oxygens (including phenoxy) is 1. The number of benzene rings is 1. The number of nitrogens with zero attached hydrogens (tertiary/aromatic N) is 2. The molecule has 7 heteroatoms. The van der Waals surface area contributed by atoms with Crippen molar-refractivity contribution in [2.24, 2.45) is 0 Å². The van der Waals surface area contributed by atoms with Crippen molar-refractivity contribution in [2.45, 2.75) is 12.8 Å². The summed E-state index contributed by atoms with van der Waals surface area (Å²) < 4.78 is 10.4. The Balaban J connectivity index is 1.32. The third-order valence-electron chi connectivity index (χ3n) is 4.89. The second-order valence-corrected chi connectivity index (χ2v) is 6.75. The summed E-state index contributed by atoms with van der Waals surface area (Å²) in [5, 5.41) is 3.32. The van der Waals surface area contributed by atoms with Crippen LogP contribution in [0.2, 0.25) is 0 Å². The summed E-state index contributed by atoms with van der Waals surface area (Å²) >= 11 is 0. The van der Waals surface area contributed by atoms with E-state index in [-0.39, 0.29) is 11.8 Å². The average molecular weight is 385 g/mol. The summed E-state index contributed by atoms with van der Waals surface area (Å²) in [5.41, 5.74) is 1.20. The minimum atomic E-state index is -0.115. The highest BCUT2D eigenvalue weighted by atomic mass is 16.5. The van der Waals surface area contributed by atoms with E-state index in [1.807, 2.05) is 23.1 Å². The zero-order chi connectivity index (χ0) is 19.8. The predicted octanol–water partition coefficient (Wildman–Crippen LogP) is 1.79. The Morgan fingerprint density at radius 3 is 2.57 bits per heavy atom. The number of nitrogens with one attached hydrogen (secondary N) is 1. The van der Waals surface area contributed by atoms with E-state index in [4.69, 9.17) is 9.15 Å². The van der Waals surface area contributed by atoms with E-state index in [2.05, 4.69) is 11.4 Å². The molecule has 0 unspecified atom stereocenters. The van der Waals surface area contributed by atoms with Gasteiger partial charge in [-0.15, -0.1) is 0 Å². The average Bonchev–Trinajstić information content (AvgIpc) is 3.28. The molecule has 1 aromatic carbocycles. The Hall–Kier alpha value is -2.80. The molecule has 2 heterocycles. The van der Waals surface area contributed by atoms with Gasteiger partial charge in [0.05, 0.1) is 13.4 Å². The summed E-state index contributed by atoms with van der Waals surface area (Å²) in [7, 11) is 1.66. The van der Waals surface area contributed by atoms with Gasteiger partial charge in [0.1, 0.15) is 5.75 Å². The first-order valence-corrected chi connectivity index (χ1v) is 9.61. The normalized spacial score (nSPS) is 14.2. The van der Waals surface area contributed by atoms with Crippen LogP contribution < -0.4 is 10.1 Å². The molecule has 3 rings (SSSR count). The zero-order valence-electron chi connectivity index (χ0n) is 16.2. The number of furan rings is 1. The highest BCUT2D eigenvalue weighted by molar-refractivity contribution is 5.91. The molecule has 1 aliphatic rings. The third kappa shape index (κ3) is 5.36. The lowest BCUT2D eigenvalue weighted by Gasteiger charge is -2.34. The van der Waals surface area contributed by atoms with E-state index in [1.165, 1.54) is 11.8 Å². The molecule has 0 spiro atoms. The number of carbonyl (C=O) groups is 2. The first kappa shape index (κ1) is 19.9. The Kier molecular flexibility index (Phi) is 7.08. The maximum absolute atomic E-state index is 12.4. The van der Waals surface area contributed by atoms with Crippen molar-refractivity contribution < 1.29 is 18.7 Å². The molecule has 7 nitrogen and oxygen atoms in total. The molecule has 1 aromatic heterocycles. The fourth-order valence-electron chi connectivity index (χ4n) is 3.25. The van der Waals surface area contributed by atoms with Gasteiger partial charge < -0.3 is 24.3 Å². The van der Waals surface area contributed by atoms with Gasteiger partial charge in [0.2, 0.25) is 5.91 Å². The minimum Gasteiger partial charge on any atom is -0.497 e. The van der Waals surface area contributed by atoms with Crippen LogP contribution in [0.4, 0.5) is 0 Å². The first-order chi connectivity index (χ1) is 13.7. The molecule has 0 atom stereocenters. The molecule has 1 fully saturated rings. The van der Waals surface area contributed by atoms with E-state index in [0.717, 1.165) is 18.7 Å². The molecule has 2 aromatic rings. The van der Waals surface area contributed by atoms with Gasteiger partial charge in [-0.25, -0.2) is 0 Å². The largest absolute Gasteiger partial charge is 0.497 e. The second-order valence-electron chi connectivity index (χ2n) is 6.75. The van der Waals surface area contributed by atoms with E-state index in [9.17, 15) is 9.59 Å². The number of carbonyl (C=O) groups excluding carboxylic acids is 2. The molecule has 0 saturated carbocycles. The zero-order valence-corrected chi connectivity index (χ0v) is 16.2. The van der Waals surface area contributed by atoms with E-state index in [0.29, 0.717) is 44.9 Å². The van der Waals surface area contributed by atoms with Crippen molar-refractivity contribution in [3.8, 4) is 5.75 Å². The molecular formula is C21H27N3O4. The fourth-order valence-corrected chi connectivity index (χ4v) is 3.25. The molecule has 150 valence electrons.